The predicted octanol–water partition coefficient (Wildman–Crippen LogP) is 4.13. The Hall–Kier alpha value is -4.75. The number of amides is 2. The Morgan fingerprint density at radius 1 is 0.814 bits per heavy atom. The minimum absolute atomic E-state index is 0.347. The van der Waals surface area contributed by atoms with Crippen LogP contribution in [0, 0.1) is 0 Å². The molecule has 0 unspecified atom stereocenters. The minimum Gasteiger partial charge on any atom is -0.741 e. The summed E-state index contributed by atoms with van der Waals surface area (Å²) in [5.41, 5.74) is -1.13. The number of hydrogen-bond acceptors (Lipinski definition) is 5. The van der Waals surface area contributed by atoms with Crippen molar-refractivity contribution < 1.29 is 40.3 Å². The molecule has 0 aliphatic carbocycles. The number of aromatic nitrogens is 3. The van der Waals surface area contributed by atoms with Crippen molar-refractivity contribution in [3.63, 3.8) is 0 Å². The van der Waals surface area contributed by atoms with Crippen LogP contribution in [0.2, 0.25) is 0 Å². The summed E-state index contributed by atoms with van der Waals surface area (Å²) in [6, 6.07) is 22.1. The van der Waals surface area contributed by atoms with Gasteiger partial charge in [-0.15, -0.1) is 0 Å². The number of nitrogens with zero attached hydrogens (tertiary/aromatic N) is 3. The van der Waals surface area contributed by atoms with Gasteiger partial charge in [-0.05, 0) is 12.1 Å². The summed E-state index contributed by atoms with van der Waals surface area (Å²) in [5, 5.41) is 4.48. The molecule has 222 valence electrons. The Morgan fingerprint density at radius 3 is 1.91 bits per heavy atom. The SMILES string of the molecule is Cn1cc(C2=C(c3cn(CCC[n+]4ccccc4)c4ccccc34)C(=O)NC2=O)c2ccccc21.O=S(=O)([O-])C(F)(F)F. The lowest BCUT2D eigenvalue weighted by atomic mass is 9.95. The highest BCUT2D eigenvalue weighted by molar-refractivity contribution is 7.86. The fourth-order valence-electron chi connectivity index (χ4n) is 5.15. The van der Waals surface area contributed by atoms with E-state index in [0.717, 1.165) is 52.4 Å². The number of carbonyl (C=O) groups is 2. The van der Waals surface area contributed by atoms with Crippen LogP contribution in [-0.2, 0) is 39.8 Å². The molecule has 1 aliphatic rings. The van der Waals surface area contributed by atoms with E-state index in [1.165, 1.54) is 0 Å². The van der Waals surface area contributed by atoms with Gasteiger partial charge >= 0.3 is 5.51 Å². The first-order chi connectivity index (χ1) is 20.4. The van der Waals surface area contributed by atoms with Gasteiger partial charge in [0.05, 0.1) is 11.1 Å². The van der Waals surface area contributed by atoms with E-state index >= 15 is 0 Å². The zero-order chi connectivity index (χ0) is 30.9. The lowest BCUT2D eigenvalue weighted by Gasteiger charge is -2.08. The molecule has 0 atom stereocenters. The van der Waals surface area contributed by atoms with Crippen molar-refractivity contribution in [1.29, 1.82) is 0 Å². The first-order valence-corrected chi connectivity index (χ1v) is 14.5. The maximum atomic E-state index is 13.2. The lowest BCUT2D eigenvalue weighted by molar-refractivity contribution is -0.697. The van der Waals surface area contributed by atoms with Gasteiger partial charge in [-0.2, -0.15) is 13.2 Å². The Bertz CT molecular complexity index is 1990. The normalized spacial score (nSPS) is 13.9. The molecular formula is C30H25F3N4O5S. The van der Waals surface area contributed by atoms with E-state index in [9.17, 15) is 22.8 Å². The third kappa shape index (κ3) is 5.94. The molecule has 9 nitrogen and oxygen atoms in total. The summed E-state index contributed by atoms with van der Waals surface area (Å²) >= 11 is 0. The van der Waals surface area contributed by atoms with E-state index in [2.05, 4.69) is 32.9 Å². The van der Waals surface area contributed by atoms with Crippen molar-refractivity contribution >= 4 is 54.9 Å². The summed E-state index contributed by atoms with van der Waals surface area (Å²) in [6.45, 7) is 1.69. The van der Waals surface area contributed by atoms with E-state index < -0.39 is 15.6 Å². The maximum Gasteiger partial charge on any atom is 0.485 e. The number of halogens is 3. The average Bonchev–Trinajstić information content (AvgIpc) is 3.58. The van der Waals surface area contributed by atoms with Gasteiger partial charge in [0.1, 0.15) is 6.54 Å². The maximum absolute atomic E-state index is 13.2. The highest BCUT2D eigenvalue weighted by Gasteiger charge is 2.37. The number of fused-ring (bicyclic) bond motifs is 2. The number of benzene rings is 2. The van der Waals surface area contributed by atoms with Crippen molar-refractivity contribution in [3.8, 4) is 0 Å². The molecule has 0 saturated carbocycles. The molecule has 13 heteroatoms. The molecule has 0 radical (unpaired) electrons. The Labute approximate surface area is 244 Å². The molecule has 1 N–H and O–H groups in total. The molecule has 0 saturated heterocycles. The van der Waals surface area contributed by atoms with Gasteiger partial charge in [0, 0.05) is 77.5 Å². The van der Waals surface area contributed by atoms with Crippen LogP contribution >= 0.6 is 0 Å². The second kappa shape index (κ2) is 11.5. The third-order valence-corrected chi connectivity index (χ3v) is 7.60. The molecular weight excluding hydrogens is 585 g/mol. The molecule has 1 aliphatic heterocycles. The van der Waals surface area contributed by atoms with Crippen LogP contribution in [0.4, 0.5) is 13.2 Å². The number of aryl methyl sites for hydroxylation is 3. The number of para-hydroxylation sites is 2. The van der Waals surface area contributed by atoms with Crippen LogP contribution in [0.1, 0.15) is 17.5 Å². The Balaban J connectivity index is 0.000000407. The van der Waals surface area contributed by atoms with Gasteiger partial charge in [-0.1, -0.05) is 42.5 Å². The van der Waals surface area contributed by atoms with Crippen molar-refractivity contribution in [2.45, 2.75) is 25.0 Å². The van der Waals surface area contributed by atoms with Crippen molar-refractivity contribution in [3.05, 3.63) is 103 Å². The number of rotatable bonds is 6. The van der Waals surface area contributed by atoms with Crippen LogP contribution in [0.5, 0.6) is 0 Å². The molecule has 6 rings (SSSR count). The quantitative estimate of drug-likeness (QED) is 0.134. The number of nitrogens with one attached hydrogen (secondary N) is 1. The first-order valence-electron chi connectivity index (χ1n) is 13.1. The third-order valence-electron chi connectivity index (χ3n) is 7.03. The summed E-state index contributed by atoms with van der Waals surface area (Å²) in [7, 11) is -4.13. The van der Waals surface area contributed by atoms with E-state index in [4.69, 9.17) is 13.0 Å². The van der Waals surface area contributed by atoms with Gasteiger partial charge < -0.3 is 13.7 Å². The molecule has 43 heavy (non-hydrogen) atoms. The second-order valence-corrected chi connectivity index (χ2v) is 11.2. The van der Waals surface area contributed by atoms with Gasteiger partial charge in [-0.3, -0.25) is 14.9 Å². The fourth-order valence-corrected chi connectivity index (χ4v) is 5.15. The van der Waals surface area contributed by atoms with Crippen molar-refractivity contribution in [1.82, 2.24) is 14.5 Å². The van der Waals surface area contributed by atoms with Crippen molar-refractivity contribution in [2.24, 2.45) is 7.05 Å². The zero-order valence-corrected chi connectivity index (χ0v) is 23.5. The van der Waals surface area contributed by atoms with Crippen LogP contribution in [0.15, 0.2) is 91.5 Å². The molecule has 3 aromatic heterocycles. The monoisotopic (exact) mass is 610 g/mol. The van der Waals surface area contributed by atoms with Crippen LogP contribution in [0.3, 0.4) is 0 Å². The summed E-state index contributed by atoms with van der Waals surface area (Å²) < 4.78 is 65.3. The Kier molecular flexibility index (Phi) is 7.95. The summed E-state index contributed by atoms with van der Waals surface area (Å²) in [5.74, 6) is -0.695. The molecule has 4 heterocycles. The van der Waals surface area contributed by atoms with E-state index in [1.54, 1.807) is 0 Å². The first kappa shape index (κ1) is 29.7. The Morgan fingerprint density at radius 2 is 1.33 bits per heavy atom. The molecule has 2 aromatic carbocycles. The van der Waals surface area contributed by atoms with E-state index in [0.29, 0.717) is 11.1 Å². The van der Waals surface area contributed by atoms with Crippen LogP contribution < -0.4 is 9.88 Å². The van der Waals surface area contributed by atoms with E-state index in [-0.39, 0.29) is 11.8 Å². The molecule has 0 spiro atoms. The second-order valence-electron chi connectivity index (χ2n) is 9.82. The summed E-state index contributed by atoms with van der Waals surface area (Å²) in [4.78, 5) is 26.2. The lowest BCUT2D eigenvalue weighted by Crippen LogP contribution is -2.32. The zero-order valence-electron chi connectivity index (χ0n) is 22.7. The van der Waals surface area contributed by atoms with Crippen LogP contribution in [0.25, 0.3) is 33.0 Å². The molecule has 5 aromatic rings. The number of carbonyl (C=O) groups excluding carboxylic acids is 2. The van der Waals surface area contributed by atoms with Gasteiger partial charge in [0.25, 0.3) is 11.8 Å². The standard InChI is InChI=1S/C29H24N4O2.CHF3O3S/c1-31-18-22(20-10-3-5-12-24(20)31)26-27(29(35)30-28(26)34)23-19-33(25-13-6-4-11-21(23)25)17-9-16-32-14-7-2-8-15-32;2-1(3,4)8(5,6)7/h2-8,10-15,18-19H,9,16-17H2,1H3;(H,5,6,7). The number of imide groups is 1. The molecule has 0 fully saturated rings. The van der Waals surface area contributed by atoms with Crippen molar-refractivity contribution in [2.75, 3.05) is 0 Å². The number of hydrogen-bond donors (Lipinski definition) is 1. The minimum atomic E-state index is -6.09. The van der Waals surface area contributed by atoms with Crippen LogP contribution in [-0.4, -0.2) is 39.4 Å². The molecule has 2 amide bonds. The van der Waals surface area contributed by atoms with Gasteiger partial charge in [-0.25, -0.2) is 13.0 Å². The fraction of sp³-hybridized carbons (Fsp3) is 0.167. The van der Waals surface area contributed by atoms with Gasteiger partial charge in [0.15, 0.2) is 22.5 Å². The average molecular weight is 611 g/mol. The highest BCUT2D eigenvalue weighted by atomic mass is 32.2. The largest absolute Gasteiger partial charge is 0.741 e. The van der Waals surface area contributed by atoms with Gasteiger partial charge in [0.2, 0.25) is 0 Å². The topological polar surface area (TPSA) is 117 Å². The number of pyridine rings is 1. The summed E-state index contributed by atoms with van der Waals surface area (Å²) in [6.07, 6.45) is 9.03. The number of alkyl halides is 3. The predicted molar refractivity (Wildman–Crippen MR) is 152 cm³/mol. The molecule has 0 bridgehead atoms. The smallest absolute Gasteiger partial charge is 0.485 e. The highest BCUT2D eigenvalue weighted by Crippen LogP contribution is 2.38. The van der Waals surface area contributed by atoms with E-state index in [1.807, 2.05) is 84.7 Å².